The predicted octanol–water partition coefficient (Wildman–Crippen LogP) is 4.21. The molecule has 0 saturated carbocycles. The number of hydrogen-bond acceptors (Lipinski definition) is 4. The molecule has 31 heavy (non-hydrogen) atoms. The van der Waals surface area contributed by atoms with Gasteiger partial charge in [0.1, 0.15) is 6.54 Å². The summed E-state index contributed by atoms with van der Waals surface area (Å²) in [7, 11) is 0. The fourth-order valence-electron chi connectivity index (χ4n) is 3.25. The van der Waals surface area contributed by atoms with E-state index >= 15 is 0 Å². The molecule has 166 valence electrons. The summed E-state index contributed by atoms with van der Waals surface area (Å²) >= 11 is 0. The first-order chi connectivity index (χ1) is 14.8. The number of nitrogens with one attached hydrogen (secondary N) is 1. The van der Waals surface area contributed by atoms with Crippen LogP contribution in [0.4, 0.5) is 13.2 Å². The van der Waals surface area contributed by atoms with Gasteiger partial charge in [-0.15, -0.1) is 0 Å². The molecule has 0 aliphatic carbocycles. The summed E-state index contributed by atoms with van der Waals surface area (Å²) in [5.74, 6) is -0.349. The van der Waals surface area contributed by atoms with Crippen LogP contribution in [0.2, 0.25) is 0 Å². The highest BCUT2D eigenvalue weighted by atomic mass is 19.4. The van der Waals surface area contributed by atoms with Crippen molar-refractivity contribution in [2.45, 2.75) is 33.0 Å². The first-order valence-corrected chi connectivity index (χ1v) is 10.0. The van der Waals surface area contributed by atoms with Crippen LogP contribution in [-0.2, 0) is 23.9 Å². The van der Waals surface area contributed by atoms with Gasteiger partial charge in [-0.25, -0.2) is 4.98 Å². The van der Waals surface area contributed by atoms with E-state index in [1.807, 2.05) is 26.0 Å². The van der Waals surface area contributed by atoms with Crippen molar-refractivity contribution in [3.05, 3.63) is 53.9 Å². The molecule has 0 aliphatic rings. The second-order valence-electron chi connectivity index (χ2n) is 6.76. The van der Waals surface area contributed by atoms with Crippen LogP contribution < -0.4 is 14.8 Å². The molecule has 3 rings (SSSR count). The first kappa shape index (κ1) is 22.5. The van der Waals surface area contributed by atoms with Crippen molar-refractivity contribution >= 4 is 16.9 Å². The highest BCUT2D eigenvalue weighted by Crippen LogP contribution is 2.31. The summed E-state index contributed by atoms with van der Waals surface area (Å²) in [4.78, 5) is 16.0. The maximum Gasteiger partial charge on any atom is 0.449 e. The quantitative estimate of drug-likeness (QED) is 0.547. The molecule has 1 amide bonds. The van der Waals surface area contributed by atoms with Crippen LogP contribution in [0.25, 0.3) is 11.0 Å². The third-order valence-electron chi connectivity index (χ3n) is 4.55. The van der Waals surface area contributed by atoms with Gasteiger partial charge in [0.2, 0.25) is 11.7 Å². The highest BCUT2D eigenvalue weighted by molar-refractivity contribution is 5.81. The number of fused-ring (bicyclic) bond motifs is 1. The lowest BCUT2D eigenvalue weighted by atomic mass is 10.1. The number of carbonyl (C=O) groups excluding carboxylic acids is 1. The molecule has 0 aliphatic heterocycles. The van der Waals surface area contributed by atoms with E-state index in [-0.39, 0.29) is 17.6 Å². The second kappa shape index (κ2) is 9.72. The molecular weight excluding hydrogens is 411 g/mol. The molecule has 9 heteroatoms. The summed E-state index contributed by atoms with van der Waals surface area (Å²) in [6.07, 6.45) is -4.16. The minimum atomic E-state index is -4.66. The zero-order chi connectivity index (χ0) is 22.4. The van der Waals surface area contributed by atoms with E-state index in [2.05, 4.69) is 10.3 Å². The van der Waals surface area contributed by atoms with Crippen molar-refractivity contribution < 1.29 is 27.4 Å². The summed E-state index contributed by atoms with van der Waals surface area (Å²) < 4.78 is 52.1. The normalized spacial score (nSPS) is 11.5. The smallest absolute Gasteiger partial charge is 0.449 e. The summed E-state index contributed by atoms with van der Waals surface area (Å²) in [5.41, 5.74) is 1.37. The first-order valence-electron chi connectivity index (χ1n) is 10.0. The number of halogens is 3. The minimum Gasteiger partial charge on any atom is -0.490 e. The number of rotatable bonds is 9. The van der Waals surface area contributed by atoms with Crippen molar-refractivity contribution in [3.8, 4) is 11.5 Å². The number of hydrogen-bond donors (Lipinski definition) is 1. The Morgan fingerprint density at radius 3 is 2.48 bits per heavy atom. The maximum atomic E-state index is 13.4. The maximum absolute atomic E-state index is 13.4. The lowest BCUT2D eigenvalue weighted by Crippen LogP contribution is -2.31. The van der Waals surface area contributed by atoms with Gasteiger partial charge in [-0.05, 0) is 50.1 Å². The molecule has 0 radical (unpaired) electrons. The summed E-state index contributed by atoms with van der Waals surface area (Å²) in [6.45, 7) is 4.55. The van der Waals surface area contributed by atoms with Crippen LogP contribution in [0.1, 0.15) is 25.2 Å². The van der Waals surface area contributed by atoms with Gasteiger partial charge in [0.05, 0.1) is 24.2 Å². The molecule has 6 nitrogen and oxygen atoms in total. The lowest BCUT2D eigenvalue weighted by Gasteiger charge is -2.13. The van der Waals surface area contributed by atoms with Gasteiger partial charge >= 0.3 is 6.18 Å². The van der Waals surface area contributed by atoms with Gasteiger partial charge in [0.25, 0.3) is 0 Å². The van der Waals surface area contributed by atoms with E-state index < -0.39 is 24.5 Å². The molecular formula is C22H24F3N3O3. The van der Waals surface area contributed by atoms with Crippen molar-refractivity contribution in [3.63, 3.8) is 0 Å². The predicted molar refractivity (Wildman–Crippen MR) is 110 cm³/mol. The fraction of sp³-hybridized carbons (Fsp3) is 0.364. The zero-order valence-corrected chi connectivity index (χ0v) is 17.3. The summed E-state index contributed by atoms with van der Waals surface area (Å²) in [5, 5.41) is 2.68. The van der Waals surface area contributed by atoms with Gasteiger partial charge in [-0.3, -0.25) is 4.79 Å². The number of aromatic nitrogens is 2. The molecule has 0 spiro atoms. The van der Waals surface area contributed by atoms with E-state index in [4.69, 9.17) is 9.47 Å². The van der Waals surface area contributed by atoms with Gasteiger partial charge in [0.15, 0.2) is 11.5 Å². The van der Waals surface area contributed by atoms with E-state index in [1.165, 1.54) is 12.1 Å². The van der Waals surface area contributed by atoms with Crippen LogP contribution in [0, 0.1) is 0 Å². The molecule has 0 saturated heterocycles. The number of ether oxygens (including phenoxy) is 2. The standard InChI is InChI=1S/C22H24F3N3O3/c1-3-30-18-10-9-15(13-19(18)31-4-2)11-12-26-20(29)14-28-17-8-6-5-7-16(17)27-21(28)22(23,24)25/h5-10,13H,3-4,11-12,14H2,1-2H3,(H,26,29). The lowest BCUT2D eigenvalue weighted by molar-refractivity contribution is -0.147. The number of benzene rings is 2. The van der Waals surface area contributed by atoms with Crippen molar-refractivity contribution in [1.29, 1.82) is 0 Å². The zero-order valence-electron chi connectivity index (χ0n) is 17.3. The third-order valence-corrected chi connectivity index (χ3v) is 4.55. The van der Waals surface area contributed by atoms with E-state index in [9.17, 15) is 18.0 Å². The third kappa shape index (κ3) is 5.48. The fourth-order valence-corrected chi connectivity index (χ4v) is 3.25. The molecule has 3 aromatic rings. The van der Waals surface area contributed by atoms with Crippen LogP contribution in [0.5, 0.6) is 11.5 Å². The molecule has 0 fully saturated rings. The Morgan fingerprint density at radius 1 is 1.06 bits per heavy atom. The van der Waals surface area contributed by atoms with Gasteiger partial charge in [-0.2, -0.15) is 13.2 Å². The highest BCUT2D eigenvalue weighted by Gasteiger charge is 2.37. The molecule has 0 atom stereocenters. The Hall–Kier alpha value is -3.23. The van der Waals surface area contributed by atoms with E-state index in [0.29, 0.717) is 31.1 Å². The van der Waals surface area contributed by atoms with E-state index in [0.717, 1.165) is 10.1 Å². The van der Waals surface area contributed by atoms with Gasteiger partial charge < -0.3 is 19.4 Å². The topological polar surface area (TPSA) is 65.4 Å². The number of imidazole rings is 1. The molecule has 1 N–H and O–H groups in total. The van der Waals surface area contributed by atoms with Crippen LogP contribution in [-0.4, -0.2) is 35.2 Å². The molecule has 2 aromatic carbocycles. The number of amides is 1. The van der Waals surface area contributed by atoms with Crippen LogP contribution in [0.3, 0.4) is 0 Å². The Morgan fingerprint density at radius 2 is 1.77 bits per heavy atom. The Kier molecular flexibility index (Phi) is 7.04. The number of nitrogens with zero attached hydrogens (tertiary/aromatic N) is 2. The SMILES string of the molecule is CCOc1ccc(CCNC(=O)Cn2c(C(F)(F)F)nc3ccccc32)cc1OCC. The average molecular weight is 435 g/mol. The van der Waals surface area contributed by atoms with Gasteiger partial charge in [-0.1, -0.05) is 18.2 Å². The Bertz CT molecular complexity index is 1050. The Balaban J connectivity index is 1.66. The van der Waals surface area contributed by atoms with Crippen LogP contribution in [0.15, 0.2) is 42.5 Å². The molecule has 0 bridgehead atoms. The number of para-hydroxylation sites is 2. The van der Waals surface area contributed by atoms with Crippen LogP contribution >= 0.6 is 0 Å². The average Bonchev–Trinajstić information content (AvgIpc) is 3.09. The minimum absolute atomic E-state index is 0.195. The van der Waals surface area contributed by atoms with Crippen molar-refractivity contribution in [2.24, 2.45) is 0 Å². The van der Waals surface area contributed by atoms with Crippen molar-refractivity contribution in [2.75, 3.05) is 19.8 Å². The summed E-state index contributed by atoms with van der Waals surface area (Å²) in [6, 6.07) is 11.7. The molecule has 0 unspecified atom stereocenters. The van der Waals surface area contributed by atoms with E-state index in [1.54, 1.807) is 18.2 Å². The largest absolute Gasteiger partial charge is 0.490 e. The van der Waals surface area contributed by atoms with Gasteiger partial charge in [0, 0.05) is 6.54 Å². The number of alkyl halides is 3. The number of carbonyl (C=O) groups is 1. The monoisotopic (exact) mass is 435 g/mol. The molecule has 1 heterocycles. The second-order valence-corrected chi connectivity index (χ2v) is 6.76. The van der Waals surface area contributed by atoms with Crippen molar-refractivity contribution in [1.82, 2.24) is 14.9 Å². The Labute approximate surface area is 178 Å². The molecule has 1 aromatic heterocycles.